The van der Waals surface area contributed by atoms with Crippen LogP contribution in [0.5, 0.6) is 0 Å². The topological polar surface area (TPSA) is 142 Å². The van der Waals surface area contributed by atoms with Crippen LogP contribution in [0.4, 0.5) is 0 Å². The monoisotopic (exact) mass is 652 g/mol. The third-order valence-corrected chi connectivity index (χ3v) is 16.7. The van der Waals surface area contributed by atoms with Crippen LogP contribution < -0.4 is 29.6 Å². The normalized spacial score (nSPS) is 17.7. The summed E-state index contributed by atoms with van der Waals surface area (Å²) in [6, 6.07) is 0. The summed E-state index contributed by atoms with van der Waals surface area (Å²) in [4.78, 5) is -0.175. The van der Waals surface area contributed by atoms with E-state index in [4.69, 9.17) is 36.2 Å². The summed E-state index contributed by atoms with van der Waals surface area (Å²) in [5.74, 6) is 0. The molecule has 12 nitrogen and oxygen atoms in total. The van der Waals surface area contributed by atoms with E-state index in [1.165, 1.54) is 0 Å². The molecule has 0 aromatic carbocycles. The van der Waals surface area contributed by atoms with Crippen molar-refractivity contribution in [2.45, 2.75) is 61.0 Å². The summed E-state index contributed by atoms with van der Waals surface area (Å²) in [6.45, 7) is 12.4. The number of hydrogen-bond donors (Lipinski definition) is 0. The van der Waals surface area contributed by atoms with Crippen molar-refractivity contribution in [3.8, 4) is 0 Å². The summed E-state index contributed by atoms with van der Waals surface area (Å²) < 4.78 is 102. The van der Waals surface area contributed by atoms with E-state index in [0.29, 0.717) is 11.8 Å². The second kappa shape index (κ2) is 18.4. The predicted molar refractivity (Wildman–Crippen MR) is 145 cm³/mol. The molecule has 0 amide bonds. The Morgan fingerprint density at radius 2 is 0.921 bits per heavy atom. The maximum absolute atomic E-state index is 14.4. The summed E-state index contributed by atoms with van der Waals surface area (Å²) in [7, 11) is -17.1. The summed E-state index contributed by atoms with van der Waals surface area (Å²) in [6.07, 6.45) is 0. The molecule has 220 valence electrons. The first-order chi connectivity index (χ1) is 17.5. The Bertz CT molecular complexity index is 909. The van der Waals surface area contributed by atoms with Gasteiger partial charge in [-0.1, -0.05) is 0 Å². The molecule has 18 heteroatoms. The zero-order valence-corrected chi connectivity index (χ0v) is 30.2. The van der Waals surface area contributed by atoms with Gasteiger partial charge in [-0.15, -0.1) is 4.99 Å². The van der Waals surface area contributed by atoms with E-state index in [1.807, 2.05) is 0 Å². The molecule has 0 fully saturated rings. The molecular weight excluding hydrogens is 611 g/mol. The molecule has 1 aliphatic heterocycles. The minimum absolute atomic E-state index is 0. The summed E-state index contributed by atoms with van der Waals surface area (Å²) in [5, 5.41) is -0.314. The molecule has 0 bridgehead atoms. The van der Waals surface area contributed by atoms with Gasteiger partial charge in [0.15, 0.2) is 0 Å². The van der Waals surface area contributed by atoms with E-state index in [9.17, 15) is 18.3 Å². The Hall–Kier alpha value is 1.69. The van der Waals surface area contributed by atoms with E-state index in [0.717, 1.165) is 0 Å². The Labute approximate surface area is 253 Å². The number of thioether (sulfide) groups is 1. The smallest absolute Gasteiger partial charge is 0.331 e. The average Bonchev–Trinajstić information content (AvgIpc) is 3.25. The van der Waals surface area contributed by atoms with E-state index < -0.39 is 36.0 Å². The number of allylic oxidation sites excluding steroid dienone is 1. The zero-order chi connectivity index (χ0) is 28.3. The molecule has 0 radical (unpaired) electrons. The average molecular weight is 652 g/mol. The van der Waals surface area contributed by atoms with E-state index in [2.05, 4.69) is 0 Å². The van der Waals surface area contributed by atoms with Crippen molar-refractivity contribution in [1.29, 1.82) is 0 Å². The fourth-order valence-electron chi connectivity index (χ4n) is 3.46. The van der Waals surface area contributed by atoms with Gasteiger partial charge < -0.3 is 36.2 Å². The largest absolute Gasteiger partial charge is 1.00 e. The van der Waals surface area contributed by atoms with Crippen molar-refractivity contribution in [2.75, 3.05) is 52.9 Å². The molecule has 0 aliphatic carbocycles. The Balaban J connectivity index is 0.0000137. The van der Waals surface area contributed by atoms with Crippen LogP contribution >= 0.6 is 42.1 Å². The van der Waals surface area contributed by atoms with Crippen molar-refractivity contribution in [1.82, 2.24) is 0 Å². The van der Waals surface area contributed by atoms with Crippen molar-refractivity contribution >= 4 is 42.1 Å². The molecule has 1 atom stereocenters. The van der Waals surface area contributed by atoms with Crippen molar-refractivity contribution < 1.29 is 84.0 Å². The van der Waals surface area contributed by atoms with Gasteiger partial charge in [0.2, 0.25) is 7.60 Å². The van der Waals surface area contributed by atoms with Crippen LogP contribution in [0.3, 0.4) is 0 Å². The molecule has 0 saturated carbocycles. The quantitative estimate of drug-likeness (QED) is 0.101. The molecule has 0 N–H and O–H groups in total. The maximum Gasteiger partial charge on any atom is 1.00 e. The number of hydrogen-bond acceptors (Lipinski definition) is 13. The van der Waals surface area contributed by atoms with Crippen LogP contribution in [0.2, 0.25) is 0 Å². The third kappa shape index (κ3) is 9.34. The summed E-state index contributed by atoms with van der Waals surface area (Å²) >= 11 is 0.663. The molecule has 1 heterocycles. The molecule has 38 heavy (non-hydrogen) atoms. The van der Waals surface area contributed by atoms with E-state index in [-0.39, 0.29) is 97.4 Å². The molecule has 1 aliphatic rings. The standard InChI is InChI=1S/C20H41O12P4S.Na/c1-9-25-33(21,26-10-2)17-18(34(22,27-11-3)28-12-4)20(36(24,31-15-7)32-16-8)37-19(17)35(23,29-13-5)30-14-6;/h17H,9-16H2,1-8H3;/q-1;+1/t17-;/m0./s1. The Kier molecular flexibility index (Phi) is 19.2. The van der Waals surface area contributed by atoms with E-state index in [1.54, 1.807) is 55.4 Å². The van der Waals surface area contributed by atoms with E-state index >= 15 is 0 Å². The molecular formula is C20H41NaO12P4S. The van der Waals surface area contributed by atoms with Gasteiger partial charge in [0.05, 0.1) is 57.5 Å². The molecule has 1 rings (SSSR count). The fourth-order valence-corrected chi connectivity index (χ4v) is 16.6. The van der Waals surface area contributed by atoms with Gasteiger partial charge >= 0.3 is 52.3 Å². The van der Waals surface area contributed by atoms with Crippen LogP contribution in [-0.4, -0.2) is 58.5 Å². The van der Waals surface area contributed by atoms with Crippen molar-refractivity contribution in [2.24, 2.45) is 0 Å². The van der Waals surface area contributed by atoms with Crippen LogP contribution in [0, 0.1) is 4.99 Å². The first kappa shape index (κ1) is 39.7. The molecule has 0 aromatic rings. The van der Waals surface area contributed by atoms with Crippen LogP contribution in [0.25, 0.3) is 0 Å². The van der Waals surface area contributed by atoms with Crippen molar-refractivity contribution in [3.05, 3.63) is 15.0 Å². The maximum atomic E-state index is 14.4. The Morgan fingerprint density at radius 1 is 0.579 bits per heavy atom. The molecule has 0 spiro atoms. The molecule has 0 aromatic heterocycles. The van der Waals surface area contributed by atoms with Gasteiger partial charge in [0.25, 0.3) is 0 Å². The zero-order valence-electron chi connectivity index (χ0n) is 23.8. The van der Waals surface area contributed by atoms with Gasteiger partial charge in [-0.2, -0.15) is 0 Å². The second-order valence-electron chi connectivity index (χ2n) is 6.91. The third-order valence-electron chi connectivity index (χ3n) is 4.46. The van der Waals surface area contributed by atoms with Crippen LogP contribution in [0.1, 0.15) is 55.4 Å². The first-order valence-corrected chi connectivity index (χ1v) is 19.4. The van der Waals surface area contributed by atoms with Gasteiger partial charge in [-0.25, -0.2) is 0 Å². The van der Waals surface area contributed by atoms with Crippen LogP contribution in [-0.2, 0) is 54.5 Å². The fraction of sp³-hybridized carbons (Fsp3) is 0.850. The van der Waals surface area contributed by atoms with Crippen molar-refractivity contribution in [3.63, 3.8) is 0 Å². The van der Waals surface area contributed by atoms with Gasteiger partial charge in [0, 0.05) is 5.31 Å². The Morgan fingerprint density at radius 3 is 1.26 bits per heavy atom. The molecule has 0 unspecified atom stereocenters. The molecule has 0 saturated heterocycles. The first-order valence-electron chi connectivity index (χ1n) is 12.3. The predicted octanol–water partition coefficient (Wildman–Crippen LogP) is 4.83. The van der Waals surface area contributed by atoms with Gasteiger partial charge in [-0.3, -0.25) is 30.0 Å². The van der Waals surface area contributed by atoms with Gasteiger partial charge in [-0.05, 0) is 61.0 Å². The van der Waals surface area contributed by atoms with Crippen LogP contribution in [0.15, 0.2) is 9.96 Å². The minimum Gasteiger partial charge on any atom is -0.331 e. The summed E-state index contributed by atoms with van der Waals surface area (Å²) in [5.41, 5.74) is -1.62. The van der Waals surface area contributed by atoms with Gasteiger partial charge in [0.1, 0.15) is 0 Å². The number of rotatable bonds is 20. The SMILES string of the molecule is CCOP(=O)(OCC)C1=C(P(=O)(OCC)OCC)[C@H](P(=O)(OCC)OCC)[C-](P(=O)(OCC)OCC)S1.[Na+]. The second-order valence-corrected chi connectivity index (χ2v) is 16.6. The minimum atomic E-state index is -4.37.